The van der Waals surface area contributed by atoms with Gasteiger partial charge in [-0.2, -0.15) is 5.26 Å². The predicted molar refractivity (Wildman–Crippen MR) is 107 cm³/mol. The van der Waals surface area contributed by atoms with Gasteiger partial charge in [0, 0.05) is 25.2 Å². The molecule has 8 heteroatoms. The van der Waals surface area contributed by atoms with Gasteiger partial charge in [0.25, 0.3) is 5.91 Å². The third-order valence-corrected chi connectivity index (χ3v) is 5.69. The summed E-state index contributed by atoms with van der Waals surface area (Å²) in [5, 5.41) is 12.1. The molecule has 1 atom stereocenters. The summed E-state index contributed by atoms with van der Waals surface area (Å²) < 4.78 is 0. The Labute approximate surface area is 169 Å². The third kappa shape index (κ3) is 3.57. The zero-order chi connectivity index (χ0) is 21.0. The molecule has 0 bridgehead atoms. The number of nitrogens with zero attached hydrogens (tertiary/aromatic N) is 4. The van der Waals surface area contributed by atoms with Crippen molar-refractivity contribution >= 4 is 23.0 Å². The van der Waals surface area contributed by atoms with E-state index in [9.17, 15) is 14.9 Å². The molecule has 0 radical (unpaired) electrons. The van der Waals surface area contributed by atoms with Crippen LogP contribution in [0.4, 0.5) is 0 Å². The molecule has 2 aliphatic rings. The maximum Gasteiger partial charge on any atom is 0.255 e. The highest BCUT2D eigenvalue weighted by Gasteiger charge is 2.46. The number of carbonyl (C=O) groups excluding carboxylic acids is 2. The topological polar surface area (TPSA) is 115 Å². The molecule has 2 fully saturated rings. The largest absolute Gasteiger partial charge is 0.344 e. The molecule has 29 heavy (non-hydrogen) atoms. The Hall–Kier alpha value is -2.95. The van der Waals surface area contributed by atoms with Gasteiger partial charge in [0.2, 0.25) is 5.91 Å². The summed E-state index contributed by atoms with van der Waals surface area (Å²) in [6.07, 6.45) is 5.56. The van der Waals surface area contributed by atoms with Crippen LogP contribution in [-0.2, 0) is 4.79 Å². The zero-order valence-corrected chi connectivity index (χ0v) is 17.2. The van der Waals surface area contributed by atoms with Gasteiger partial charge < -0.3 is 15.2 Å². The van der Waals surface area contributed by atoms with Crippen molar-refractivity contribution in [3.8, 4) is 6.07 Å². The van der Waals surface area contributed by atoms with Crippen LogP contribution in [0, 0.1) is 22.2 Å². The van der Waals surface area contributed by atoms with Crippen LogP contribution in [0.15, 0.2) is 12.4 Å². The molecule has 2 aromatic rings. The maximum atomic E-state index is 13.1. The maximum absolute atomic E-state index is 13.1. The van der Waals surface area contributed by atoms with Crippen molar-refractivity contribution in [2.75, 3.05) is 13.1 Å². The average molecular weight is 394 g/mol. The number of H-pyrrole nitrogens is 1. The number of carbonyl (C=O) groups is 2. The number of nitriles is 1. The summed E-state index contributed by atoms with van der Waals surface area (Å²) in [4.78, 5) is 39.8. The van der Waals surface area contributed by atoms with Crippen molar-refractivity contribution in [2.45, 2.75) is 52.5 Å². The van der Waals surface area contributed by atoms with Gasteiger partial charge in [-0.1, -0.05) is 20.8 Å². The molecule has 1 aliphatic carbocycles. The lowest BCUT2D eigenvalue weighted by atomic mass is 9.80. The second kappa shape index (κ2) is 6.55. The molecule has 152 valence electrons. The molecule has 2 N–H and O–H groups in total. The van der Waals surface area contributed by atoms with Crippen molar-refractivity contribution in [1.29, 1.82) is 5.26 Å². The van der Waals surface area contributed by atoms with E-state index in [0.717, 1.165) is 18.5 Å². The van der Waals surface area contributed by atoms with E-state index < -0.39 is 16.9 Å². The Morgan fingerprint density at radius 2 is 2.07 bits per heavy atom. The lowest BCUT2D eigenvalue weighted by Gasteiger charge is -2.46. The second-order valence-electron chi connectivity index (χ2n) is 9.61. The molecule has 0 unspecified atom stereocenters. The first-order valence-electron chi connectivity index (χ1n) is 9.96. The molecule has 0 spiro atoms. The van der Waals surface area contributed by atoms with Crippen molar-refractivity contribution in [2.24, 2.45) is 10.8 Å². The van der Waals surface area contributed by atoms with Crippen LogP contribution in [0.3, 0.4) is 0 Å². The van der Waals surface area contributed by atoms with Crippen molar-refractivity contribution in [1.82, 2.24) is 25.2 Å². The van der Waals surface area contributed by atoms with Crippen LogP contribution >= 0.6 is 0 Å². The molecule has 1 aliphatic heterocycles. The SMILES string of the molecule is CC1(C#N)CN(C(=O)[C@H](NC(=O)c2c[nH]c3ncc(C4CC4)nc23)C(C)(C)C)C1. The molecule has 0 aromatic carbocycles. The third-order valence-electron chi connectivity index (χ3n) is 5.69. The van der Waals surface area contributed by atoms with Gasteiger partial charge in [-0.05, 0) is 25.2 Å². The molecule has 8 nitrogen and oxygen atoms in total. The molecule has 2 aromatic heterocycles. The first-order valence-corrected chi connectivity index (χ1v) is 9.96. The highest BCUT2D eigenvalue weighted by atomic mass is 16.2. The molecule has 1 saturated carbocycles. The first-order chi connectivity index (χ1) is 13.6. The monoisotopic (exact) mass is 394 g/mol. The zero-order valence-electron chi connectivity index (χ0n) is 17.2. The van der Waals surface area contributed by atoms with Gasteiger partial charge in [0.05, 0.1) is 28.9 Å². The number of aromatic nitrogens is 3. The Bertz CT molecular complexity index is 1020. The number of aromatic amines is 1. The fourth-order valence-electron chi connectivity index (χ4n) is 3.72. The molecule has 1 saturated heterocycles. The van der Waals surface area contributed by atoms with Gasteiger partial charge in [-0.15, -0.1) is 0 Å². The number of hydrogen-bond donors (Lipinski definition) is 2. The summed E-state index contributed by atoms with van der Waals surface area (Å²) >= 11 is 0. The van der Waals surface area contributed by atoms with Crippen molar-refractivity contribution in [3.63, 3.8) is 0 Å². The summed E-state index contributed by atoms with van der Waals surface area (Å²) in [5.74, 6) is -0.0824. The Kier molecular flexibility index (Phi) is 4.37. The van der Waals surface area contributed by atoms with E-state index in [0.29, 0.717) is 35.7 Å². The highest BCUT2D eigenvalue weighted by molar-refractivity contribution is 6.06. The summed E-state index contributed by atoms with van der Waals surface area (Å²) in [6.45, 7) is 8.35. The van der Waals surface area contributed by atoms with E-state index in [1.54, 1.807) is 17.3 Å². The molecular weight excluding hydrogens is 368 g/mol. The average Bonchev–Trinajstić information content (AvgIpc) is 3.41. The minimum absolute atomic E-state index is 0.164. The van der Waals surface area contributed by atoms with Gasteiger partial charge in [-0.3, -0.25) is 9.59 Å². The number of hydrogen-bond acceptors (Lipinski definition) is 5. The number of amides is 2. The lowest BCUT2D eigenvalue weighted by molar-refractivity contribution is -0.144. The predicted octanol–water partition coefficient (Wildman–Crippen LogP) is 2.35. The number of fused-ring (bicyclic) bond motifs is 1. The minimum atomic E-state index is -0.706. The number of likely N-dealkylation sites (tertiary alicyclic amines) is 1. The fourth-order valence-corrected chi connectivity index (χ4v) is 3.72. The first kappa shape index (κ1) is 19.4. The Morgan fingerprint density at radius 1 is 1.38 bits per heavy atom. The quantitative estimate of drug-likeness (QED) is 0.826. The van der Waals surface area contributed by atoms with Crippen LogP contribution in [0.2, 0.25) is 0 Å². The van der Waals surface area contributed by atoms with Crippen molar-refractivity contribution in [3.05, 3.63) is 23.7 Å². The Balaban J connectivity index is 1.56. The lowest BCUT2D eigenvalue weighted by Crippen LogP contribution is -2.63. The van der Waals surface area contributed by atoms with Crippen LogP contribution in [-0.4, -0.2) is 50.8 Å². The molecule has 3 heterocycles. The summed E-state index contributed by atoms with van der Waals surface area (Å²) in [5.41, 5.74) is 1.41. The standard InChI is InChI=1S/C21H26N6O2/c1-20(2,3)16(19(29)27-10-21(4,9-22)11-27)26-18(28)13-7-23-17-15(13)25-14(8-24-17)12-5-6-12/h7-8,12,16H,5-6,10-11H2,1-4H3,(H,23,24)(H,26,28)/t16-/m0/s1. The summed E-state index contributed by atoms with van der Waals surface area (Å²) in [7, 11) is 0. The molecular formula is C21H26N6O2. The highest BCUT2D eigenvalue weighted by Crippen LogP contribution is 2.39. The summed E-state index contributed by atoms with van der Waals surface area (Å²) in [6, 6.07) is 1.54. The Morgan fingerprint density at radius 3 is 2.66 bits per heavy atom. The van der Waals surface area contributed by atoms with E-state index in [2.05, 4.69) is 26.3 Å². The van der Waals surface area contributed by atoms with E-state index in [-0.39, 0.29) is 11.8 Å². The van der Waals surface area contributed by atoms with Gasteiger partial charge in [0.15, 0.2) is 5.65 Å². The fraction of sp³-hybridized carbons (Fsp3) is 0.571. The van der Waals surface area contributed by atoms with Crippen LogP contribution in [0.25, 0.3) is 11.2 Å². The van der Waals surface area contributed by atoms with Gasteiger partial charge >= 0.3 is 0 Å². The van der Waals surface area contributed by atoms with E-state index in [1.807, 2.05) is 27.7 Å². The molecule has 4 rings (SSSR count). The minimum Gasteiger partial charge on any atom is -0.344 e. The van der Waals surface area contributed by atoms with Crippen LogP contribution in [0.5, 0.6) is 0 Å². The van der Waals surface area contributed by atoms with Crippen LogP contribution in [0.1, 0.15) is 62.5 Å². The second-order valence-corrected chi connectivity index (χ2v) is 9.61. The molecule has 2 amide bonds. The van der Waals surface area contributed by atoms with E-state index in [1.165, 1.54) is 0 Å². The van der Waals surface area contributed by atoms with Crippen molar-refractivity contribution < 1.29 is 9.59 Å². The number of rotatable bonds is 4. The smallest absolute Gasteiger partial charge is 0.255 e. The number of nitrogens with one attached hydrogen (secondary N) is 2. The van der Waals surface area contributed by atoms with Crippen LogP contribution < -0.4 is 5.32 Å². The van der Waals surface area contributed by atoms with E-state index in [4.69, 9.17) is 0 Å². The normalized spacial score (nSPS) is 19.3. The van der Waals surface area contributed by atoms with E-state index >= 15 is 0 Å². The van der Waals surface area contributed by atoms with Gasteiger partial charge in [-0.25, -0.2) is 9.97 Å². The van der Waals surface area contributed by atoms with Gasteiger partial charge in [0.1, 0.15) is 11.6 Å².